The Labute approximate surface area is 118 Å². The molecule has 1 aliphatic carbocycles. The van der Waals surface area contributed by atoms with Crippen molar-refractivity contribution >= 4 is 0 Å². The third-order valence-corrected chi connectivity index (χ3v) is 4.07. The van der Waals surface area contributed by atoms with Gasteiger partial charge in [0.1, 0.15) is 17.1 Å². The molecule has 2 aromatic rings. The van der Waals surface area contributed by atoms with Crippen LogP contribution in [0.4, 0.5) is 0 Å². The molecule has 0 amide bonds. The molecule has 3 rings (SSSR count). The summed E-state index contributed by atoms with van der Waals surface area (Å²) in [7, 11) is 3.27. The Balaban J connectivity index is 2.10. The van der Waals surface area contributed by atoms with E-state index >= 15 is 0 Å². The minimum atomic E-state index is -0.960. The number of aryl methyl sites for hydroxylation is 1. The van der Waals surface area contributed by atoms with Crippen LogP contribution in [0.15, 0.2) is 42.5 Å². The van der Waals surface area contributed by atoms with Gasteiger partial charge >= 0.3 is 0 Å². The van der Waals surface area contributed by atoms with Crippen LogP contribution in [-0.4, -0.2) is 19.3 Å². The molecule has 0 saturated heterocycles. The Hall–Kier alpha value is -2.00. The topological polar surface area (TPSA) is 38.7 Å². The van der Waals surface area contributed by atoms with Gasteiger partial charge in [-0.15, -0.1) is 0 Å². The lowest BCUT2D eigenvalue weighted by molar-refractivity contribution is 0.0825. The standard InChI is InChI=1S/C17H18O3/c1-19-14-5-3-4-13(10-14)17(18)9-8-12-6-7-15(20-2)11-16(12)17/h3-7,10-11,18H,8-9H2,1-2H3. The van der Waals surface area contributed by atoms with Crippen molar-refractivity contribution < 1.29 is 14.6 Å². The molecule has 0 aromatic heterocycles. The fraction of sp³-hybridized carbons (Fsp3) is 0.294. The third kappa shape index (κ3) is 1.95. The molecule has 20 heavy (non-hydrogen) atoms. The number of fused-ring (bicyclic) bond motifs is 1. The summed E-state index contributed by atoms with van der Waals surface area (Å²) in [5.74, 6) is 1.53. The molecular weight excluding hydrogens is 252 g/mol. The summed E-state index contributed by atoms with van der Waals surface area (Å²) in [6.45, 7) is 0. The van der Waals surface area contributed by atoms with E-state index in [2.05, 4.69) is 0 Å². The number of aliphatic hydroxyl groups is 1. The minimum absolute atomic E-state index is 0.683. The molecule has 0 radical (unpaired) electrons. The summed E-state index contributed by atoms with van der Waals surface area (Å²) >= 11 is 0. The quantitative estimate of drug-likeness (QED) is 0.932. The lowest BCUT2D eigenvalue weighted by Crippen LogP contribution is -2.23. The normalized spacial score (nSPS) is 20.6. The Morgan fingerprint density at radius 3 is 2.50 bits per heavy atom. The van der Waals surface area contributed by atoms with Gasteiger partial charge in [0.05, 0.1) is 14.2 Å². The summed E-state index contributed by atoms with van der Waals surface area (Å²) in [6, 6.07) is 13.5. The molecule has 1 aliphatic rings. The van der Waals surface area contributed by atoms with Gasteiger partial charge in [-0.2, -0.15) is 0 Å². The first-order valence-electron chi connectivity index (χ1n) is 6.71. The number of benzene rings is 2. The van der Waals surface area contributed by atoms with Crippen molar-refractivity contribution in [3.63, 3.8) is 0 Å². The highest BCUT2D eigenvalue weighted by Gasteiger charge is 2.38. The van der Waals surface area contributed by atoms with E-state index in [1.54, 1.807) is 14.2 Å². The second kappa shape index (κ2) is 4.84. The Bertz CT molecular complexity index is 636. The molecule has 1 atom stereocenters. The van der Waals surface area contributed by atoms with E-state index in [0.29, 0.717) is 6.42 Å². The maximum Gasteiger partial charge on any atom is 0.119 e. The molecule has 0 fully saturated rings. The number of methoxy groups -OCH3 is 2. The third-order valence-electron chi connectivity index (χ3n) is 4.07. The van der Waals surface area contributed by atoms with Crippen LogP contribution in [0.1, 0.15) is 23.1 Å². The van der Waals surface area contributed by atoms with Crippen LogP contribution in [0, 0.1) is 0 Å². The maximum absolute atomic E-state index is 11.1. The van der Waals surface area contributed by atoms with Crippen LogP contribution in [0.5, 0.6) is 11.5 Å². The second-order valence-electron chi connectivity index (χ2n) is 5.12. The van der Waals surface area contributed by atoms with Gasteiger partial charge in [0, 0.05) is 0 Å². The number of ether oxygens (including phenoxy) is 2. The second-order valence-corrected chi connectivity index (χ2v) is 5.12. The van der Waals surface area contributed by atoms with Gasteiger partial charge in [0.25, 0.3) is 0 Å². The predicted molar refractivity (Wildman–Crippen MR) is 77.3 cm³/mol. The average molecular weight is 270 g/mol. The number of hydrogen-bond donors (Lipinski definition) is 1. The van der Waals surface area contributed by atoms with Gasteiger partial charge in [-0.3, -0.25) is 0 Å². The molecule has 0 spiro atoms. The van der Waals surface area contributed by atoms with E-state index < -0.39 is 5.60 Å². The van der Waals surface area contributed by atoms with E-state index in [4.69, 9.17) is 9.47 Å². The van der Waals surface area contributed by atoms with E-state index in [9.17, 15) is 5.11 Å². The van der Waals surface area contributed by atoms with Gasteiger partial charge < -0.3 is 14.6 Å². The van der Waals surface area contributed by atoms with E-state index in [0.717, 1.165) is 29.0 Å². The SMILES string of the molecule is COc1cccc(C2(O)CCc3ccc(OC)cc32)c1. The lowest BCUT2D eigenvalue weighted by atomic mass is 9.87. The Morgan fingerprint density at radius 1 is 1.00 bits per heavy atom. The number of hydrogen-bond acceptors (Lipinski definition) is 3. The molecule has 0 heterocycles. The zero-order valence-corrected chi connectivity index (χ0v) is 11.7. The van der Waals surface area contributed by atoms with Crippen molar-refractivity contribution in [3.05, 3.63) is 59.2 Å². The summed E-state index contributed by atoms with van der Waals surface area (Å²) < 4.78 is 10.5. The zero-order valence-electron chi connectivity index (χ0n) is 11.7. The van der Waals surface area contributed by atoms with Crippen molar-refractivity contribution in [2.45, 2.75) is 18.4 Å². The van der Waals surface area contributed by atoms with Crippen LogP contribution in [0.3, 0.4) is 0 Å². The summed E-state index contributed by atoms with van der Waals surface area (Å²) in [4.78, 5) is 0. The summed E-state index contributed by atoms with van der Waals surface area (Å²) in [6.07, 6.45) is 1.55. The predicted octanol–water partition coefficient (Wildman–Crippen LogP) is 2.89. The molecule has 0 aliphatic heterocycles. The summed E-state index contributed by atoms with van der Waals surface area (Å²) in [5.41, 5.74) is 2.02. The first-order valence-corrected chi connectivity index (χ1v) is 6.71. The van der Waals surface area contributed by atoms with Gasteiger partial charge in [-0.05, 0) is 53.8 Å². The molecule has 3 nitrogen and oxygen atoms in total. The maximum atomic E-state index is 11.1. The smallest absolute Gasteiger partial charge is 0.119 e. The highest BCUT2D eigenvalue weighted by Crippen LogP contribution is 2.43. The number of rotatable bonds is 3. The highest BCUT2D eigenvalue weighted by molar-refractivity contribution is 5.49. The zero-order chi connectivity index (χ0) is 14.2. The van der Waals surface area contributed by atoms with E-state index in [1.165, 1.54) is 5.56 Å². The molecule has 2 aromatic carbocycles. The molecular formula is C17H18O3. The Kier molecular flexibility index (Phi) is 3.14. The lowest BCUT2D eigenvalue weighted by Gasteiger charge is -2.25. The fourth-order valence-electron chi connectivity index (χ4n) is 2.92. The monoisotopic (exact) mass is 270 g/mol. The van der Waals surface area contributed by atoms with Gasteiger partial charge in [-0.1, -0.05) is 18.2 Å². The van der Waals surface area contributed by atoms with Crippen molar-refractivity contribution in [3.8, 4) is 11.5 Å². The van der Waals surface area contributed by atoms with Crippen molar-refractivity contribution in [1.29, 1.82) is 0 Å². The highest BCUT2D eigenvalue weighted by atomic mass is 16.5. The van der Waals surface area contributed by atoms with Crippen molar-refractivity contribution in [2.75, 3.05) is 14.2 Å². The molecule has 0 bridgehead atoms. The fourth-order valence-corrected chi connectivity index (χ4v) is 2.92. The first kappa shape index (κ1) is 13.0. The van der Waals surface area contributed by atoms with Gasteiger partial charge in [0.2, 0.25) is 0 Å². The largest absolute Gasteiger partial charge is 0.497 e. The Morgan fingerprint density at radius 2 is 1.75 bits per heavy atom. The van der Waals surface area contributed by atoms with E-state index in [1.807, 2.05) is 42.5 Å². The van der Waals surface area contributed by atoms with Crippen LogP contribution in [-0.2, 0) is 12.0 Å². The molecule has 3 heteroatoms. The van der Waals surface area contributed by atoms with Crippen LogP contribution in [0.2, 0.25) is 0 Å². The summed E-state index contributed by atoms with van der Waals surface area (Å²) in [5, 5.41) is 11.1. The van der Waals surface area contributed by atoms with Crippen LogP contribution < -0.4 is 9.47 Å². The van der Waals surface area contributed by atoms with Crippen molar-refractivity contribution in [2.24, 2.45) is 0 Å². The minimum Gasteiger partial charge on any atom is -0.497 e. The van der Waals surface area contributed by atoms with Gasteiger partial charge in [-0.25, -0.2) is 0 Å². The molecule has 1 N–H and O–H groups in total. The molecule has 1 unspecified atom stereocenters. The van der Waals surface area contributed by atoms with Crippen LogP contribution >= 0.6 is 0 Å². The molecule has 0 saturated carbocycles. The molecule has 104 valence electrons. The average Bonchev–Trinajstić information content (AvgIpc) is 2.85. The first-order chi connectivity index (χ1) is 9.67. The van der Waals surface area contributed by atoms with Crippen molar-refractivity contribution in [1.82, 2.24) is 0 Å². The van der Waals surface area contributed by atoms with E-state index in [-0.39, 0.29) is 0 Å². The van der Waals surface area contributed by atoms with Crippen LogP contribution in [0.25, 0.3) is 0 Å². The van der Waals surface area contributed by atoms with Gasteiger partial charge in [0.15, 0.2) is 0 Å².